The molecule has 0 saturated heterocycles. The molecule has 0 amide bonds. The van der Waals surface area contributed by atoms with E-state index in [-0.39, 0.29) is 6.42 Å². The van der Waals surface area contributed by atoms with E-state index in [0.29, 0.717) is 0 Å². The number of hydrogen-bond donors (Lipinski definition) is 0. The van der Waals surface area contributed by atoms with Crippen molar-refractivity contribution < 1.29 is 9.04 Å². The van der Waals surface area contributed by atoms with E-state index in [9.17, 15) is 4.39 Å². The summed E-state index contributed by atoms with van der Waals surface area (Å²) in [4.78, 5) is 0. The van der Waals surface area contributed by atoms with Gasteiger partial charge >= 0.3 is 7.20 Å². The monoisotopic (exact) mass is 121 g/mol. The number of halogens is 1. The molecule has 1 atom stereocenters. The molecular formula is C3H8BFOP. The van der Waals surface area contributed by atoms with Crippen molar-refractivity contribution in [1.29, 1.82) is 0 Å². The predicted molar refractivity (Wildman–Crippen MR) is 31.6 cm³/mol. The van der Waals surface area contributed by atoms with Crippen molar-refractivity contribution in [2.75, 3.05) is 20.2 Å². The Balaban J connectivity index is 2.83. The van der Waals surface area contributed by atoms with Gasteiger partial charge in [-0.25, -0.2) is 4.39 Å². The largest absolute Gasteiger partial charge is 0.437 e. The molecule has 41 valence electrons. The molecule has 7 heavy (non-hydrogen) atoms. The van der Waals surface area contributed by atoms with Crippen LogP contribution in [0.4, 0.5) is 4.39 Å². The van der Waals surface area contributed by atoms with Crippen LogP contribution in [-0.2, 0) is 4.65 Å². The molecule has 0 heterocycles. The van der Waals surface area contributed by atoms with Crippen LogP contribution in [0.5, 0.6) is 0 Å². The van der Waals surface area contributed by atoms with Gasteiger partial charge in [-0.3, -0.25) is 0 Å². The Hall–Kier alpha value is 0.385. The van der Waals surface area contributed by atoms with Crippen LogP contribution in [0, 0.1) is 0 Å². The molecule has 0 aromatic heterocycles. The highest BCUT2D eigenvalue weighted by Gasteiger charge is 1.99. The third kappa shape index (κ3) is 4.23. The molecular weight excluding hydrogens is 113 g/mol. The first-order valence-corrected chi connectivity index (χ1v) is 3.98. The van der Waals surface area contributed by atoms with Gasteiger partial charge in [0.15, 0.2) is 0 Å². The molecule has 0 spiro atoms. The Bertz CT molecular complexity index is 45.9. The number of alkyl halides is 1. The molecule has 1 radical (unpaired) electrons. The molecule has 1 unspecified atom stereocenters. The summed E-state index contributed by atoms with van der Waals surface area (Å²) in [5.41, 5.74) is 0. The highest BCUT2D eigenvalue weighted by Crippen LogP contribution is 2.26. The molecule has 0 saturated carbocycles. The third-order valence-corrected chi connectivity index (χ3v) is 1.42. The summed E-state index contributed by atoms with van der Waals surface area (Å²) in [6.45, 7) is 1.82. The lowest BCUT2D eigenvalue weighted by atomic mass is 10.5. The average molecular weight is 121 g/mol. The predicted octanol–water partition coefficient (Wildman–Crippen LogP) is 1.21. The van der Waals surface area contributed by atoms with Crippen LogP contribution in [-0.4, -0.2) is 27.4 Å². The van der Waals surface area contributed by atoms with Crippen LogP contribution in [0.25, 0.3) is 0 Å². The van der Waals surface area contributed by atoms with Gasteiger partial charge in [-0.15, -0.1) is 0 Å². The van der Waals surface area contributed by atoms with E-state index < -0.39 is 7.80 Å². The van der Waals surface area contributed by atoms with Crippen LogP contribution >= 0.6 is 7.80 Å². The maximum Gasteiger partial charge on any atom is 0.327 e. The maximum atomic E-state index is 11.5. The zero-order chi connectivity index (χ0) is 5.70. The molecule has 4 heteroatoms. The summed E-state index contributed by atoms with van der Waals surface area (Å²) in [6, 6.07) is 0. The van der Waals surface area contributed by atoms with Crippen molar-refractivity contribution in [3.63, 3.8) is 0 Å². The molecule has 0 aromatic rings. The van der Waals surface area contributed by atoms with Crippen molar-refractivity contribution in [3.8, 4) is 0 Å². The van der Waals surface area contributed by atoms with Gasteiger partial charge in [-0.2, -0.15) is 0 Å². The first-order valence-electron chi connectivity index (χ1n) is 1.93. The second-order valence-electron chi connectivity index (χ2n) is 1.22. The van der Waals surface area contributed by atoms with Crippen LogP contribution < -0.4 is 0 Å². The number of rotatable bonds is 3. The quantitative estimate of drug-likeness (QED) is 0.402. The molecule has 0 fully saturated rings. The molecule has 0 aliphatic heterocycles. The summed E-state index contributed by atoms with van der Waals surface area (Å²) in [7, 11) is 2.48. The highest BCUT2D eigenvalue weighted by atomic mass is 31.1. The topological polar surface area (TPSA) is 9.23 Å². The number of hydrogen-bond acceptors (Lipinski definition) is 1. The van der Waals surface area contributed by atoms with E-state index in [1.807, 2.05) is 6.66 Å². The second-order valence-corrected chi connectivity index (χ2v) is 3.18. The fraction of sp³-hybridized carbons (Fsp3) is 1.00. The lowest BCUT2D eigenvalue weighted by Crippen LogP contribution is -1.90. The van der Waals surface area contributed by atoms with Gasteiger partial charge in [-0.1, -0.05) is 7.80 Å². The Labute approximate surface area is 45.2 Å². The van der Waals surface area contributed by atoms with Crippen molar-refractivity contribution in [1.82, 2.24) is 0 Å². The zero-order valence-electron chi connectivity index (χ0n) is 4.52. The van der Waals surface area contributed by atoms with E-state index in [1.54, 1.807) is 0 Å². The standard InChI is InChI=1S/C3H8BFOP/c1-6-4-7(2)3-5/h3H2,1-2H3. The highest BCUT2D eigenvalue weighted by molar-refractivity contribution is 7.84. The van der Waals surface area contributed by atoms with Gasteiger partial charge in [0.05, 0.1) is 0 Å². The zero-order valence-corrected chi connectivity index (χ0v) is 5.41. The second kappa shape index (κ2) is 4.54. The summed E-state index contributed by atoms with van der Waals surface area (Å²) in [6.07, 6.45) is -0.275. The molecule has 0 bridgehead atoms. The summed E-state index contributed by atoms with van der Waals surface area (Å²) < 4.78 is 16.0. The summed E-state index contributed by atoms with van der Waals surface area (Å²) in [5, 5.41) is 0. The van der Waals surface area contributed by atoms with Crippen molar-refractivity contribution in [2.24, 2.45) is 0 Å². The smallest absolute Gasteiger partial charge is 0.327 e. The average Bonchev–Trinajstić information content (AvgIpc) is 1.68. The van der Waals surface area contributed by atoms with E-state index in [1.165, 1.54) is 14.3 Å². The first kappa shape index (κ1) is 7.38. The van der Waals surface area contributed by atoms with Crippen molar-refractivity contribution in [3.05, 3.63) is 0 Å². The Morgan fingerprint density at radius 3 is 2.57 bits per heavy atom. The first-order chi connectivity index (χ1) is 3.31. The van der Waals surface area contributed by atoms with Crippen molar-refractivity contribution in [2.45, 2.75) is 0 Å². The van der Waals surface area contributed by atoms with Gasteiger partial charge in [0.2, 0.25) is 0 Å². The molecule has 0 N–H and O–H groups in total. The lowest BCUT2D eigenvalue weighted by Gasteiger charge is -1.99. The van der Waals surface area contributed by atoms with Gasteiger partial charge in [0.1, 0.15) is 6.42 Å². The molecule has 0 aromatic carbocycles. The van der Waals surface area contributed by atoms with E-state index in [4.69, 9.17) is 0 Å². The van der Waals surface area contributed by atoms with Crippen molar-refractivity contribution >= 4 is 15.0 Å². The molecule has 1 nitrogen and oxygen atoms in total. The molecule has 0 aliphatic rings. The fourth-order valence-electron chi connectivity index (χ4n) is 0.208. The Kier molecular flexibility index (Phi) is 4.79. The lowest BCUT2D eigenvalue weighted by molar-refractivity contribution is 0.454. The third-order valence-electron chi connectivity index (χ3n) is 0.474. The Morgan fingerprint density at radius 1 is 1.86 bits per heavy atom. The van der Waals surface area contributed by atoms with Crippen LogP contribution in [0.3, 0.4) is 0 Å². The van der Waals surface area contributed by atoms with Gasteiger partial charge in [0, 0.05) is 7.11 Å². The molecule has 0 aliphatic carbocycles. The van der Waals surface area contributed by atoms with E-state index >= 15 is 0 Å². The summed E-state index contributed by atoms with van der Waals surface area (Å²) in [5.74, 6) is 0. The normalized spacial score (nSPS) is 13.6. The van der Waals surface area contributed by atoms with Gasteiger partial charge in [-0.05, 0) is 6.66 Å². The van der Waals surface area contributed by atoms with Gasteiger partial charge in [0.25, 0.3) is 0 Å². The molecule has 0 rings (SSSR count). The summed E-state index contributed by atoms with van der Waals surface area (Å²) >= 11 is 0. The Morgan fingerprint density at radius 2 is 2.43 bits per heavy atom. The minimum Gasteiger partial charge on any atom is -0.437 e. The SMILES string of the molecule is CO[B]P(C)CF. The fourth-order valence-corrected chi connectivity index (χ4v) is 0.624. The van der Waals surface area contributed by atoms with E-state index in [2.05, 4.69) is 4.65 Å². The minimum atomic E-state index is -0.592. The van der Waals surface area contributed by atoms with Gasteiger partial charge < -0.3 is 4.65 Å². The minimum absolute atomic E-state index is 0.275. The van der Waals surface area contributed by atoms with E-state index in [0.717, 1.165) is 0 Å². The van der Waals surface area contributed by atoms with Crippen LogP contribution in [0.15, 0.2) is 0 Å². The van der Waals surface area contributed by atoms with Crippen LogP contribution in [0.1, 0.15) is 0 Å². The van der Waals surface area contributed by atoms with Crippen LogP contribution in [0.2, 0.25) is 0 Å². The maximum absolute atomic E-state index is 11.5.